The van der Waals surface area contributed by atoms with Crippen LogP contribution < -0.4 is 4.74 Å². The topological polar surface area (TPSA) is 127 Å². The van der Waals surface area contributed by atoms with Crippen molar-refractivity contribution >= 4 is 35.6 Å². The molecule has 0 saturated carbocycles. The van der Waals surface area contributed by atoms with Gasteiger partial charge in [-0.05, 0) is 6.07 Å². The number of ether oxygens (including phenoxy) is 5. The highest BCUT2D eigenvalue weighted by Crippen LogP contribution is 2.34. The number of nitrogens with zero attached hydrogens (tertiary/aromatic N) is 1. The van der Waals surface area contributed by atoms with E-state index in [1.807, 2.05) is 0 Å². The fourth-order valence-corrected chi connectivity index (χ4v) is 3.87. The number of esters is 4. The highest BCUT2D eigenvalue weighted by atomic mass is 32.2. The van der Waals surface area contributed by atoms with Gasteiger partial charge in [-0.15, -0.1) is 11.8 Å². The maximum Gasteiger partial charge on any atom is 0.339 e. The molecule has 4 atom stereocenters. The van der Waals surface area contributed by atoms with E-state index < -0.39 is 47.6 Å². The van der Waals surface area contributed by atoms with Crippen LogP contribution in [0.1, 0.15) is 31.1 Å². The lowest BCUT2D eigenvalue weighted by molar-refractivity contribution is -0.186. The maximum atomic E-state index is 11.7. The largest absolute Gasteiger partial charge is 0.474 e. The molecule has 0 unspecified atom stereocenters. The molecule has 0 radical (unpaired) electrons. The Kier molecular flexibility index (Phi) is 7.82. The van der Waals surface area contributed by atoms with Crippen LogP contribution in [0.3, 0.4) is 0 Å². The van der Waals surface area contributed by atoms with E-state index in [1.54, 1.807) is 0 Å². The molecule has 29 heavy (non-hydrogen) atoms. The van der Waals surface area contributed by atoms with Crippen molar-refractivity contribution in [3.8, 4) is 5.75 Å². The van der Waals surface area contributed by atoms with Gasteiger partial charge >= 0.3 is 23.9 Å². The number of rotatable bonds is 6. The third-order valence-electron chi connectivity index (χ3n) is 3.69. The second-order valence-corrected chi connectivity index (χ2v) is 7.15. The number of pyridine rings is 1. The maximum absolute atomic E-state index is 11.7. The van der Waals surface area contributed by atoms with Crippen LogP contribution in [0.25, 0.3) is 0 Å². The third kappa shape index (κ3) is 6.34. The Bertz CT molecular complexity index is 784. The molecule has 0 N–H and O–H groups in total. The molecule has 1 saturated heterocycles. The van der Waals surface area contributed by atoms with Crippen molar-refractivity contribution in [2.45, 2.75) is 44.5 Å². The Morgan fingerprint density at radius 2 is 1.59 bits per heavy atom. The summed E-state index contributed by atoms with van der Waals surface area (Å²) in [6, 6.07) is 1.42. The lowest BCUT2D eigenvalue weighted by atomic mass is 10.1. The smallest absolute Gasteiger partial charge is 0.339 e. The SMILES string of the molecule is COC(=O)c1cncc(O[C@H]2SC[C@@H](OC(C)=O)[C@H](OC(C)=O)[C@H]2OC(C)=O)c1. The molecule has 1 aromatic heterocycles. The van der Waals surface area contributed by atoms with Crippen LogP contribution in [0.5, 0.6) is 5.75 Å². The van der Waals surface area contributed by atoms with Crippen LogP contribution in [0, 0.1) is 0 Å². The van der Waals surface area contributed by atoms with Gasteiger partial charge in [-0.1, -0.05) is 0 Å². The number of aromatic nitrogens is 1. The van der Waals surface area contributed by atoms with Crippen molar-refractivity contribution in [1.29, 1.82) is 0 Å². The van der Waals surface area contributed by atoms with Crippen LogP contribution in [0.4, 0.5) is 0 Å². The van der Waals surface area contributed by atoms with Crippen LogP contribution in [-0.2, 0) is 33.3 Å². The minimum Gasteiger partial charge on any atom is -0.474 e. The normalized spacial score (nSPS) is 23.4. The molecule has 0 amide bonds. The van der Waals surface area contributed by atoms with E-state index in [4.69, 9.17) is 18.9 Å². The van der Waals surface area contributed by atoms with Crippen LogP contribution in [0.15, 0.2) is 18.5 Å². The highest BCUT2D eigenvalue weighted by molar-refractivity contribution is 7.99. The molecular weight excluding hydrogens is 406 g/mol. The minimum absolute atomic E-state index is 0.171. The first-order valence-electron chi connectivity index (χ1n) is 8.54. The number of hydrogen-bond donors (Lipinski definition) is 0. The van der Waals surface area contributed by atoms with Gasteiger partial charge in [0.25, 0.3) is 0 Å². The van der Waals surface area contributed by atoms with E-state index in [1.165, 1.54) is 58.1 Å². The van der Waals surface area contributed by atoms with Gasteiger partial charge < -0.3 is 23.7 Å². The zero-order valence-corrected chi connectivity index (χ0v) is 17.1. The first kappa shape index (κ1) is 22.5. The first-order valence-corrected chi connectivity index (χ1v) is 9.59. The van der Waals surface area contributed by atoms with Crippen molar-refractivity contribution in [3.63, 3.8) is 0 Å². The molecule has 1 aromatic rings. The summed E-state index contributed by atoms with van der Waals surface area (Å²) < 4.78 is 26.4. The summed E-state index contributed by atoms with van der Waals surface area (Å²) in [7, 11) is 1.24. The van der Waals surface area contributed by atoms with E-state index in [0.717, 1.165) is 0 Å². The Labute approximate surface area is 171 Å². The monoisotopic (exact) mass is 427 g/mol. The predicted octanol–water partition coefficient (Wildman–Crippen LogP) is 1.11. The van der Waals surface area contributed by atoms with Gasteiger partial charge in [-0.2, -0.15) is 0 Å². The molecule has 0 bridgehead atoms. The molecule has 2 rings (SSSR count). The Balaban J connectivity index is 2.29. The zero-order valence-electron chi connectivity index (χ0n) is 16.3. The third-order valence-corrected chi connectivity index (χ3v) is 4.91. The van der Waals surface area contributed by atoms with E-state index in [0.29, 0.717) is 0 Å². The Morgan fingerprint density at radius 3 is 2.17 bits per heavy atom. The van der Waals surface area contributed by atoms with Crippen LogP contribution >= 0.6 is 11.8 Å². The molecule has 1 aliphatic heterocycles. The lowest BCUT2D eigenvalue weighted by Crippen LogP contribution is -2.55. The van der Waals surface area contributed by atoms with E-state index in [-0.39, 0.29) is 17.1 Å². The van der Waals surface area contributed by atoms with Gasteiger partial charge in [0.2, 0.25) is 0 Å². The van der Waals surface area contributed by atoms with Crippen molar-refractivity contribution in [2.24, 2.45) is 0 Å². The van der Waals surface area contributed by atoms with E-state index >= 15 is 0 Å². The first-order chi connectivity index (χ1) is 13.7. The summed E-state index contributed by atoms with van der Waals surface area (Å²) in [5.74, 6) is -1.98. The molecule has 2 heterocycles. The van der Waals surface area contributed by atoms with E-state index in [2.05, 4.69) is 9.72 Å². The van der Waals surface area contributed by atoms with Crippen molar-refractivity contribution in [2.75, 3.05) is 12.9 Å². The summed E-state index contributed by atoms with van der Waals surface area (Å²) in [4.78, 5) is 50.3. The Morgan fingerprint density at radius 1 is 0.966 bits per heavy atom. The van der Waals surface area contributed by atoms with Crippen molar-refractivity contribution in [3.05, 3.63) is 24.0 Å². The summed E-state index contributed by atoms with van der Waals surface area (Å²) in [6.07, 6.45) is -0.277. The zero-order chi connectivity index (χ0) is 21.6. The number of carbonyl (C=O) groups is 4. The molecule has 11 heteroatoms. The molecule has 0 aliphatic carbocycles. The predicted molar refractivity (Wildman–Crippen MR) is 99.1 cm³/mol. The number of methoxy groups -OCH3 is 1. The van der Waals surface area contributed by atoms with Crippen molar-refractivity contribution < 1.29 is 42.9 Å². The number of thioether (sulfide) groups is 1. The summed E-state index contributed by atoms with van der Waals surface area (Å²) in [6.45, 7) is 3.61. The molecule has 158 valence electrons. The van der Waals surface area contributed by atoms with Crippen LogP contribution in [0.2, 0.25) is 0 Å². The van der Waals surface area contributed by atoms with Gasteiger partial charge in [-0.25, -0.2) is 4.79 Å². The molecule has 1 aliphatic rings. The van der Waals surface area contributed by atoms with Crippen LogP contribution in [-0.4, -0.2) is 65.5 Å². The molecule has 0 spiro atoms. The second-order valence-electron chi connectivity index (χ2n) is 6.02. The van der Waals surface area contributed by atoms with Crippen molar-refractivity contribution in [1.82, 2.24) is 4.98 Å². The average molecular weight is 427 g/mol. The van der Waals surface area contributed by atoms with Gasteiger partial charge in [0.15, 0.2) is 23.7 Å². The van der Waals surface area contributed by atoms with Gasteiger partial charge in [0.05, 0.1) is 18.9 Å². The fraction of sp³-hybridized carbons (Fsp3) is 0.500. The molecular formula is C18H21NO9S. The average Bonchev–Trinajstić information content (AvgIpc) is 2.64. The fourth-order valence-electron chi connectivity index (χ4n) is 2.66. The Hall–Kier alpha value is -2.82. The number of carbonyl (C=O) groups excluding carboxylic acids is 4. The summed E-state index contributed by atoms with van der Waals surface area (Å²) in [5.41, 5.74) is -0.645. The summed E-state index contributed by atoms with van der Waals surface area (Å²) >= 11 is 1.20. The second kappa shape index (κ2) is 10.1. The standard InChI is InChI=1S/C18H21NO9S/c1-9(20)25-14-8-29-18(16(27-11(3)22)15(14)26-10(2)21)28-13-5-12(6-19-7-13)17(23)24-4/h5-7,14-16,18H,8H2,1-4H3/t14-,15+,16-,18+/m1/s1. The van der Waals surface area contributed by atoms with Gasteiger partial charge in [0.1, 0.15) is 5.75 Å². The highest BCUT2D eigenvalue weighted by Gasteiger charge is 2.47. The molecule has 10 nitrogen and oxygen atoms in total. The van der Waals surface area contributed by atoms with Gasteiger partial charge in [-0.3, -0.25) is 19.4 Å². The van der Waals surface area contributed by atoms with E-state index in [9.17, 15) is 19.2 Å². The number of hydrogen-bond acceptors (Lipinski definition) is 11. The van der Waals surface area contributed by atoms with Gasteiger partial charge in [0, 0.05) is 32.7 Å². The summed E-state index contributed by atoms with van der Waals surface area (Å²) in [5, 5.41) is 0. The molecule has 0 aromatic carbocycles. The minimum atomic E-state index is -1.07. The molecule has 1 fully saturated rings. The lowest BCUT2D eigenvalue weighted by Gasteiger charge is -2.39. The quantitative estimate of drug-likeness (QED) is 0.478.